The van der Waals surface area contributed by atoms with Crippen molar-refractivity contribution in [1.29, 1.82) is 0 Å². The second-order valence-corrected chi connectivity index (χ2v) is 12.3. The summed E-state index contributed by atoms with van der Waals surface area (Å²) in [5.74, 6) is 0.421. The maximum absolute atomic E-state index is 11.1. The summed E-state index contributed by atoms with van der Waals surface area (Å²) in [5, 5.41) is 2.04. The monoisotopic (exact) mass is 338 g/mol. The average Bonchev–Trinajstić information content (AvgIpc) is 2.41. The highest BCUT2D eigenvalue weighted by Gasteiger charge is 2.39. The van der Waals surface area contributed by atoms with Gasteiger partial charge < -0.3 is 9.16 Å². The van der Waals surface area contributed by atoms with Crippen LogP contribution in [0.3, 0.4) is 0 Å². The fourth-order valence-corrected chi connectivity index (χ4v) is 3.24. The van der Waals surface area contributed by atoms with Crippen molar-refractivity contribution < 1.29 is 14.0 Å². The summed E-state index contributed by atoms with van der Waals surface area (Å²) in [4.78, 5) is 12.2. The molecule has 0 heterocycles. The van der Waals surface area contributed by atoms with E-state index in [0.29, 0.717) is 0 Å². The molecule has 0 aliphatic carbocycles. The lowest BCUT2D eigenvalue weighted by molar-refractivity contribution is -0.140. The molecule has 0 unspecified atom stereocenters. The molecule has 0 fully saturated rings. The normalized spacial score (nSPS) is 12.9. The maximum Gasteiger partial charge on any atom is 0.303 e. The number of thioether (sulfide) groups is 1. The first kappa shape index (κ1) is 18.8. The Morgan fingerprint density at radius 2 is 1.82 bits per heavy atom. The lowest BCUT2D eigenvalue weighted by atomic mass is 10.2. The van der Waals surface area contributed by atoms with E-state index in [1.807, 2.05) is 35.7 Å². The van der Waals surface area contributed by atoms with Crippen LogP contribution < -0.4 is 0 Å². The van der Waals surface area contributed by atoms with Gasteiger partial charge >= 0.3 is 5.97 Å². The first-order valence-corrected chi connectivity index (χ1v) is 11.1. The van der Waals surface area contributed by atoms with Crippen molar-refractivity contribution in [3.05, 3.63) is 41.5 Å². The highest BCUT2D eigenvalue weighted by atomic mass is 32.2. The minimum atomic E-state index is -1.95. The Morgan fingerprint density at radius 1 is 1.23 bits per heavy atom. The molecule has 0 N–H and O–H groups in total. The minimum absolute atomic E-state index is 0.0970. The van der Waals surface area contributed by atoms with Gasteiger partial charge in [-0.2, -0.15) is 0 Å². The molecule has 122 valence electrons. The van der Waals surface area contributed by atoms with Crippen LogP contribution in [0, 0.1) is 0 Å². The van der Waals surface area contributed by atoms with E-state index in [1.165, 1.54) is 6.92 Å². The smallest absolute Gasteiger partial charge is 0.303 e. The maximum atomic E-state index is 11.1. The van der Waals surface area contributed by atoms with Gasteiger partial charge in [-0.15, -0.1) is 0 Å². The summed E-state index contributed by atoms with van der Waals surface area (Å²) in [6.07, 6.45) is 0. The summed E-state index contributed by atoms with van der Waals surface area (Å²) in [6.45, 7) is 12.5. The minimum Gasteiger partial charge on any atom is -0.544 e. The molecule has 3 nitrogen and oxygen atoms in total. The second-order valence-electron chi connectivity index (χ2n) is 6.66. The Hall–Kier alpha value is -1.20. The molecule has 1 aromatic carbocycles. The summed E-state index contributed by atoms with van der Waals surface area (Å²) < 4.78 is 11.4. The van der Waals surface area contributed by atoms with Gasteiger partial charge in [0.25, 0.3) is 0 Å². The first-order valence-electron chi connectivity index (χ1n) is 7.35. The molecule has 0 spiro atoms. The lowest BCUT2D eigenvalue weighted by Crippen LogP contribution is -2.41. The van der Waals surface area contributed by atoms with E-state index in [9.17, 15) is 4.79 Å². The largest absolute Gasteiger partial charge is 0.544 e. The molecule has 1 rings (SSSR count). The summed E-state index contributed by atoms with van der Waals surface area (Å²) >= 11 is 1.58. The van der Waals surface area contributed by atoms with Gasteiger partial charge in [-0.3, -0.25) is 4.79 Å². The van der Waals surface area contributed by atoms with Crippen LogP contribution in [0.2, 0.25) is 18.1 Å². The molecule has 0 aromatic heterocycles. The molecule has 0 radical (unpaired) electrons. The highest BCUT2D eigenvalue weighted by molar-refractivity contribution is 8.02. The van der Waals surface area contributed by atoms with Crippen LogP contribution in [-0.2, 0) is 14.0 Å². The van der Waals surface area contributed by atoms with Crippen LogP contribution in [0.4, 0.5) is 0 Å². The van der Waals surface area contributed by atoms with E-state index in [0.717, 1.165) is 10.7 Å². The molecule has 0 aliphatic heterocycles. The summed E-state index contributed by atoms with van der Waals surface area (Å²) in [5.41, 5.74) is 0. The van der Waals surface area contributed by atoms with Gasteiger partial charge in [-0.1, -0.05) is 50.7 Å². The quantitative estimate of drug-likeness (QED) is 0.309. The number of ether oxygens (including phenoxy) is 1. The third-order valence-corrected chi connectivity index (χ3v) is 8.99. The molecule has 0 saturated heterocycles. The zero-order valence-electron chi connectivity index (χ0n) is 14.3. The Balaban J connectivity index is 2.85. The highest BCUT2D eigenvalue weighted by Crippen LogP contribution is 2.38. The van der Waals surface area contributed by atoms with Crippen molar-refractivity contribution in [3.63, 3.8) is 0 Å². The Morgan fingerprint density at radius 3 is 2.32 bits per heavy atom. The van der Waals surface area contributed by atoms with E-state index >= 15 is 0 Å². The van der Waals surface area contributed by atoms with E-state index in [1.54, 1.807) is 11.8 Å². The molecule has 0 aliphatic rings. The molecular formula is C17H26O3SSi. The average molecular weight is 339 g/mol. The second kappa shape index (κ2) is 7.88. The SMILES string of the molecule is CC(=O)OC/C(=C/Sc1ccccc1)O[Si](C)(C)C(C)(C)C. The third-order valence-electron chi connectivity index (χ3n) is 3.68. The predicted molar refractivity (Wildman–Crippen MR) is 95.3 cm³/mol. The van der Waals surface area contributed by atoms with Crippen LogP contribution in [0.5, 0.6) is 0 Å². The van der Waals surface area contributed by atoms with Gasteiger partial charge in [0.2, 0.25) is 8.32 Å². The lowest BCUT2D eigenvalue weighted by Gasteiger charge is -2.37. The fraction of sp³-hybridized carbons (Fsp3) is 0.471. The topological polar surface area (TPSA) is 35.5 Å². The van der Waals surface area contributed by atoms with E-state index in [-0.39, 0.29) is 17.6 Å². The van der Waals surface area contributed by atoms with E-state index in [2.05, 4.69) is 33.9 Å². The van der Waals surface area contributed by atoms with Crippen molar-refractivity contribution in [3.8, 4) is 0 Å². The number of benzene rings is 1. The van der Waals surface area contributed by atoms with Crippen molar-refractivity contribution >= 4 is 26.0 Å². The van der Waals surface area contributed by atoms with Crippen LogP contribution in [0.15, 0.2) is 46.4 Å². The van der Waals surface area contributed by atoms with Gasteiger partial charge in [-0.25, -0.2) is 0 Å². The summed E-state index contributed by atoms with van der Waals surface area (Å²) in [6, 6.07) is 10.1. The van der Waals surface area contributed by atoms with Crippen molar-refractivity contribution in [2.45, 2.75) is 50.7 Å². The van der Waals surface area contributed by atoms with E-state index < -0.39 is 8.32 Å². The number of esters is 1. The standard InChI is InChI=1S/C17H26O3SSi/c1-14(18)19-12-15(20-22(5,6)17(2,3)4)13-21-16-10-8-7-9-11-16/h7-11,13H,12H2,1-6H3/b15-13-. The van der Waals surface area contributed by atoms with Gasteiger partial charge in [0.15, 0.2) is 0 Å². The van der Waals surface area contributed by atoms with E-state index in [4.69, 9.17) is 9.16 Å². The molecule has 1 aromatic rings. The Bertz CT molecular complexity index is 518. The molecule has 5 heteroatoms. The van der Waals surface area contributed by atoms with Crippen LogP contribution in [0.1, 0.15) is 27.7 Å². The molecule has 0 amide bonds. The molecule has 0 bridgehead atoms. The molecule has 0 saturated carbocycles. The van der Waals surface area contributed by atoms with Crippen LogP contribution >= 0.6 is 11.8 Å². The van der Waals surface area contributed by atoms with Crippen molar-refractivity contribution in [1.82, 2.24) is 0 Å². The number of carbonyl (C=O) groups excluding carboxylic acids is 1. The third kappa shape index (κ3) is 6.28. The molecular weight excluding hydrogens is 312 g/mol. The van der Waals surface area contributed by atoms with Crippen molar-refractivity contribution in [2.75, 3.05) is 6.61 Å². The van der Waals surface area contributed by atoms with Crippen LogP contribution in [0.25, 0.3) is 0 Å². The predicted octanol–water partition coefficient (Wildman–Crippen LogP) is 5.21. The number of rotatable bonds is 6. The summed E-state index contributed by atoms with van der Waals surface area (Å²) in [7, 11) is -1.95. The van der Waals surface area contributed by atoms with Crippen molar-refractivity contribution in [2.24, 2.45) is 0 Å². The fourth-order valence-electron chi connectivity index (χ4n) is 1.37. The Kier molecular flexibility index (Phi) is 6.75. The van der Waals surface area contributed by atoms with Crippen LogP contribution in [-0.4, -0.2) is 20.9 Å². The Labute approximate surface area is 139 Å². The number of hydrogen-bond donors (Lipinski definition) is 0. The van der Waals surface area contributed by atoms with Gasteiger partial charge in [-0.05, 0) is 30.3 Å². The molecule has 22 heavy (non-hydrogen) atoms. The van der Waals surface area contributed by atoms with Gasteiger partial charge in [0, 0.05) is 17.2 Å². The van der Waals surface area contributed by atoms with Gasteiger partial charge in [0.1, 0.15) is 12.4 Å². The number of hydrogen-bond acceptors (Lipinski definition) is 4. The number of carbonyl (C=O) groups is 1. The zero-order chi connectivity index (χ0) is 16.8. The molecule has 0 atom stereocenters. The zero-order valence-corrected chi connectivity index (χ0v) is 16.1. The van der Waals surface area contributed by atoms with Gasteiger partial charge in [0.05, 0.1) is 0 Å². The first-order chi connectivity index (χ1) is 10.1.